The molecule has 0 saturated heterocycles. The van der Waals surface area contributed by atoms with Gasteiger partial charge in [-0.3, -0.25) is 0 Å². The van der Waals surface area contributed by atoms with Crippen LogP contribution in [0.1, 0.15) is 136 Å². The van der Waals surface area contributed by atoms with E-state index < -0.39 is 63.2 Å². The van der Waals surface area contributed by atoms with Crippen molar-refractivity contribution in [3.63, 3.8) is 0 Å². The normalized spacial score (nSPS) is 19.5. The highest BCUT2D eigenvalue weighted by atomic mass is 16.3. The van der Waals surface area contributed by atoms with Gasteiger partial charge in [0, 0.05) is 128 Å². The minimum absolute atomic E-state index is 0.0603. The highest BCUT2D eigenvalue weighted by Crippen LogP contribution is 2.55. The molecule has 0 bridgehead atoms. The quantitative estimate of drug-likeness (QED) is 0.134. The van der Waals surface area contributed by atoms with Crippen molar-refractivity contribution in [2.75, 3.05) is 56.0 Å². The molecule has 20 heteroatoms. The molecular weight excluding hydrogens is 1650 g/mol. The first kappa shape index (κ1) is 70.8. The van der Waals surface area contributed by atoms with Gasteiger partial charge in [0.25, 0.3) is 0 Å². The SMILES string of the molecule is [2H]C(C)(C)N1c2cccnc2N(c2c(C)ccc3c2oc2ccccc23)C1C.[2H]C(C)(C)N1c2ncccc2N(c2c(C)ccc3c2oc2ccccc23)C1C.[2H]C([2H])([2H])C([2H])(C)N1c2cccnc2N(c2c(C)ccc3c2oc2ccccc23)C1C.[2H]C([2H])([2H])C([2H])(C)N1c2ncccc2N(c2c(C)ccc3c2oc2ccccc23)C1C.[2H]C([2H])([2H])N1c2ncccc2N(c2c(C)ccc3c2oc2ccccc23)C1C. The van der Waals surface area contributed by atoms with Crippen molar-refractivity contribution >= 4 is 196 Å². The fourth-order valence-electron chi connectivity index (χ4n) is 20.7. The third-order valence-electron chi connectivity index (χ3n) is 26.5. The molecule has 133 heavy (non-hydrogen) atoms. The summed E-state index contributed by atoms with van der Waals surface area (Å²) in [7, 11) is 0. The monoisotopic (exact) mass is 1770 g/mol. The maximum atomic E-state index is 8.78. The summed E-state index contributed by atoms with van der Waals surface area (Å²) >= 11 is 0. The standard InChI is InChI=1S/4C23H23N3O.C21H19N3O/c2*1-14(2)25-16(4)26(19-9-7-13-24-23(19)25)21-15(3)11-12-18-17-8-5-6-10-20(17)27-22(18)21;2*1-14(2)25-16(4)26(23-19(25)9-7-13-24-23)21-15(3)11-12-18-17-8-5-6-10-20(17)27-22(18)21;1-13-10-11-16-15-7-4-5-9-18(15)25-20(16)19(13)24-14(2)23(3)21-17(24)8-6-12-22-21/h4*5-14,16H,1-4H3;4-12,14H,1-3H3/i1D3,14D;14D;1D3,14D;14D;3D3. The second-order valence-electron chi connectivity index (χ2n) is 35.2. The van der Waals surface area contributed by atoms with Gasteiger partial charge in [0.05, 0.1) is 62.4 Å². The van der Waals surface area contributed by atoms with E-state index in [1.54, 1.807) is 40.7 Å². The molecule has 10 aromatic heterocycles. The molecule has 15 heterocycles. The van der Waals surface area contributed by atoms with Crippen LogP contribution in [0.25, 0.3) is 110 Å². The molecule has 7 atom stereocenters. The number of anilines is 15. The fraction of sp³-hybridized carbons (Fsp3) is 0.248. The van der Waals surface area contributed by atoms with Crippen LogP contribution in [0.2, 0.25) is 0 Å². The summed E-state index contributed by atoms with van der Waals surface area (Å²) in [5.74, 6) is 3.27. The summed E-state index contributed by atoms with van der Waals surface area (Å²) in [6.07, 6.45) is 7.09. The lowest BCUT2D eigenvalue weighted by atomic mass is 10.1. The van der Waals surface area contributed by atoms with Gasteiger partial charge in [-0.15, -0.1) is 0 Å². The summed E-state index contributed by atoms with van der Waals surface area (Å²) in [6.45, 7) is 23.4. The number of para-hydroxylation sites is 5. The Kier molecular flexibility index (Phi) is 17.8. The smallest absolute Gasteiger partial charge is 0.159 e. The molecule has 0 fully saturated rings. The minimum Gasteiger partial charge on any atom is -0.454 e. The molecule has 0 spiro atoms. The van der Waals surface area contributed by atoms with Crippen LogP contribution < -0.4 is 49.0 Å². The largest absolute Gasteiger partial charge is 0.454 e. The van der Waals surface area contributed by atoms with Crippen LogP contribution >= 0.6 is 0 Å². The van der Waals surface area contributed by atoms with Crippen molar-refractivity contribution < 1.29 is 39.9 Å². The van der Waals surface area contributed by atoms with Gasteiger partial charge in [-0.2, -0.15) is 0 Å². The Balaban J connectivity index is 0.000000107. The second-order valence-corrected chi connectivity index (χ2v) is 35.2. The van der Waals surface area contributed by atoms with Crippen LogP contribution in [-0.2, 0) is 0 Å². The van der Waals surface area contributed by atoms with E-state index in [4.69, 9.17) is 44.9 Å². The molecule has 0 saturated carbocycles. The predicted octanol–water partition coefficient (Wildman–Crippen LogP) is 29.2. The highest BCUT2D eigenvalue weighted by Gasteiger charge is 2.44. The average molecular weight is 1770 g/mol. The van der Waals surface area contributed by atoms with Gasteiger partial charge in [-0.05, 0) is 243 Å². The number of rotatable bonds is 9. The summed E-state index contributed by atoms with van der Waals surface area (Å²) in [5.41, 5.74) is 22.2. The average Bonchev–Trinajstić information content (AvgIpc) is 1.59. The fourth-order valence-corrected chi connectivity index (χ4v) is 20.7. The Morgan fingerprint density at radius 1 is 0.248 bits per heavy atom. The molecule has 5 aliphatic rings. The lowest BCUT2D eigenvalue weighted by Crippen LogP contribution is -2.42. The summed E-state index contributed by atoms with van der Waals surface area (Å²) in [6, 6.07) is 74.7. The highest BCUT2D eigenvalue weighted by molar-refractivity contribution is 6.16. The van der Waals surface area contributed by atoms with Gasteiger partial charge in [-0.1, -0.05) is 152 Å². The molecule has 0 aliphatic carbocycles. The van der Waals surface area contributed by atoms with E-state index in [0.29, 0.717) is 23.1 Å². The van der Waals surface area contributed by atoms with Crippen molar-refractivity contribution in [2.24, 2.45) is 0 Å². The third-order valence-corrected chi connectivity index (χ3v) is 26.5. The number of fused-ring (bicyclic) bond motifs is 20. The molecule has 5 aliphatic heterocycles. The van der Waals surface area contributed by atoms with Crippen molar-refractivity contribution in [3.05, 3.63) is 301 Å². The Morgan fingerprint density at radius 2 is 0.489 bits per heavy atom. The first-order valence-corrected chi connectivity index (χ1v) is 45.1. The molecule has 20 nitrogen and oxygen atoms in total. The Morgan fingerprint density at radius 3 is 0.789 bits per heavy atom. The van der Waals surface area contributed by atoms with Gasteiger partial charge in [0.2, 0.25) is 0 Å². The molecule has 10 aromatic carbocycles. The Labute approximate surface area is 793 Å². The van der Waals surface area contributed by atoms with E-state index in [1.807, 2.05) is 254 Å². The van der Waals surface area contributed by atoms with Gasteiger partial charge >= 0.3 is 0 Å². The molecule has 0 amide bonds. The van der Waals surface area contributed by atoms with Gasteiger partial charge in [0.15, 0.2) is 57.0 Å². The second kappa shape index (κ2) is 33.4. The van der Waals surface area contributed by atoms with Crippen LogP contribution in [0, 0.1) is 34.6 Å². The first-order chi connectivity index (χ1) is 69.4. The zero-order chi connectivity index (χ0) is 103. The number of aryl methyl sites for hydroxylation is 5. The lowest BCUT2D eigenvalue weighted by molar-refractivity contribution is 0.598. The van der Waals surface area contributed by atoms with E-state index >= 15 is 0 Å². The topological polar surface area (TPSA) is 163 Å². The van der Waals surface area contributed by atoms with Crippen LogP contribution in [-0.4, -0.2) is 86.8 Å². The number of aromatic nitrogens is 5. The minimum atomic E-state index is -2.52. The summed E-state index contributed by atoms with van der Waals surface area (Å²) in [4.78, 5) is 42.1. The molecule has 0 N–H and O–H groups in total. The van der Waals surface area contributed by atoms with Gasteiger partial charge < -0.3 is 71.1 Å². The van der Waals surface area contributed by atoms with Gasteiger partial charge in [-0.25, -0.2) is 24.9 Å². The van der Waals surface area contributed by atoms with E-state index in [1.165, 1.54) is 18.7 Å². The first-order valence-electron chi connectivity index (χ1n) is 51.6. The molecular formula is C113H111N15O5. The van der Waals surface area contributed by atoms with E-state index in [-0.39, 0.29) is 12.3 Å². The third kappa shape index (κ3) is 13.7. The zero-order valence-corrected chi connectivity index (χ0v) is 77.1. The Bertz CT molecular complexity index is 7870. The maximum Gasteiger partial charge on any atom is 0.159 e. The van der Waals surface area contributed by atoms with Crippen LogP contribution in [0.4, 0.5) is 86.0 Å². The van der Waals surface area contributed by atoms with E-state index in [9.17, 15) is 0 Å². The van der Waals surface area contributed by atoms with Crippen molar-refractivity contribution in [1.82, 2.24) is 24.9 Å². The molecule has 668 valence electrons. The number of nitrogens with zero attached hydrogens (tertiary/aromatic N) is 15. The molecule has 0 radical (unpaired) electrons. The number of furan rings is 5. The Hall–Kier alpha value is -15.1. The van der Waals surface area contributed by atoms with E-state index in [2.05, 4.69) is 140 Å². The van der Waals surface area contributed by atoms with Crippen molar-refractivity contribution in [2.45, 2.75) is 179 Å². The maximum absolute atomic E-state index is 8.78. The number of hydrogen-bond acceptors (Lipinski definition) is 20. The van der Waals surface area contributed by atoms with E-state index in [0.717, 1.165) is 200 Å². The number of benzene rings is 10. The van der Waals surface area contributed by atoms with Crippen LogP contribution in [0.5, 0.6) is 0 Å². The van der Waals surface area contributed by atoms with Crippen molar-refractivity contribution in [3.8, 4) is 0 Å². The molecule has 25 rings (SSSR count). The zero-order valence-electron chi connectivity index (χ0n) is 90.1. The van der Waals surface area contributed by atoms with Gasteiger partial charge in [0.1, 0.15) is 58.7 Å². The summed E-state index contributed by atoms with van der Waals surface area (Å²) < 4.78 is 138. The molecule has 7 unspecified atom stereocenters. The van der Waals surface area contributed by atoms with Crippen molar-refractivity contribution in [1.29, 1.82) is 0 Å². The number of pyridine rings is 5. The predicted molar refractivity (Wildman–Crippen MR) is 550 cm³/mol. The summed E-state index contributed by atoms with van der Waals surface area (Å²) in [5, 5.41) is 10.5. The lowest BCUT2D eigenvalue weighted by Gasteiger charge is -2.33. The number of hydrogen-bond donors (Lipinski definition) is 0. The molecule has 20 aromatic rings. The van der Waals surface area contributed by atoms with Crippen LogP contribution in [0.3, 0.4) is 0 Å². The van der Waals surface area contributed by atoms with Crippen LogP contribution in [0.15, 0.2) is 296 Å².